The van der Waals surface area contributed by atoms with Gasteiger partial charge in [0.2, 0.25) is 11.8 Å². The standard InChI is InChI=1S/C20H27N3O3.ClH/c21-18(14-7-11-26-12-8-14)20(25)23-9-5-13(6-10-23)17-15-3-1-2-4-16(15)22-19(17)24;/h1-4,13-14,17-18H,5-12,21H2,(H,22,24);1H. The van der Waals surface area contributed by atoms with Crippen LogP contribution in [-0.2, 0) is 14.3 Å². The molecule has 1 aromatic rings. The van der Waals surface area contributed by atoms with E-state index in [1.165, 1.54) is 0 Å². The van der Waals surface area contributed by atoms with Crippen LogP contribution in [0.3, 0.4) is 0 Å². The van der Waals surface area contributed by atoms with E-state index in [0.29, 0.717) is 26.3 Å². The van der Waals surface area contributed by atoms with Gasteiger partial charge in [0, 0.05) is 32.0 Å². The molecule has 0 saturated carbocycles. The number of carbonyl (C=O) groups is 2. The summed E-state index contributed by atoms with van der Waals surface area (Å²) in [7, 11) is 0. The number of carbonyl (C=O) groups excluding carboxylic acids is 2. The number of piperidine rings is 1. The predicted octanol–water partition coefficient (Wildman–Crippen LogP) is 2.14. The molecule has 148 valence electrons. The van der Waals surface area contributed by atoms with Crippen LogP contribution in [0.4, 0.5) is 5.69 Å². The highest BCUT2D eigenvalue weighted by Crippen LogP contribution is 2.41. The smallest absolute Gasteiger partial charge is 0.239 e. The molecule has 3 aliphatic rings. The number of benzene rings is 1. The summed E-state index contributed by atoms with van der Waals surface area (Å²) in [5.41, 5.74) is 8.29. The van der Waals surface area contributed by atoms with Crippen LogP contribution in [0.1, 0.15) is 37.2 Å². The van der Waals surface area contributed by atoms with Crippen molar-refractivity contribution in [2.75, 3.05) is 31.6 Å². The Hall–Kier alpha value is -1.63. The predicted molar refractivity (Wildman–Crippen MR) is 106 cm³/mol. The molecule has 0 spiro atoms. The highest BCUT2D eigenvalue weighted by Gasteiger charge is 2.39. The first kappa shape index (κ1) is 20.1. The number of likely N-dealkylation sites (tertiary alicyclic amines) is 1. The molecular formula is C20H28ClN3O3. The Labute approximate surface area is 166 Å². The number of nitrogens with one attached hydrogen (secondary N) is 1. The topological polar surface area (TPSA) is 84.7 Å². The summed E-state index contributed by atoms with van der Waals surface area (Å²) < 4.78 is 5.37. The Balaban J connectivity index is 0.00000210. The van der Waals surface area contributed by atoms with Crippen LogP contribution in [0.5, 0.6) is 0 Å². The Bertz CT molecular complexity index is 685. The fourth-order valence-corrected chi connectivity index (χ4v) is 4.64. The molecule has 2 atom stereocenters. The van der Waals surface area contributed by atoms with E-state index in [-0.39, 0.29) is 42.0 Å². The lowest BCUT2D eigenvalue weighted by Crippen LogP contribution is -2.51. The molecule has 2 saturated heterocycles. The van der Waals surface area contributed by atoms with E-state index < -0.39 is 6.04 Å². The fourth-order valence-electron chi connectivity index (χ4n) is 4.64. The first-order valence-corrected chi connectivity index (χ1v) is 9.67. The molecular weight excluding hydrogens is 366 g/mol. The van der Waals surface area contributed by atoms with Crippen molar-refractivity contribution in [3.05, 3.63) is 29.8 Å². The molecule has 1 aromatic carbocycles. The summed E-state index contributed by atoms with van der Waals surface area (Å²) in [6.45, 7) is 2.77. The van der Waals surface area contributed by atoms with Crippen LogP contribution in [0, 0.1) is 11.8 Å². The minimum atomic E-state index is -0.425. The van der Waals surface area contributed by atoms with Crippen LogP contribution in [0.2, 0.25) is 0 Å². The number of para-hydroxylation sites is 1. The Morgan fingerprint density at radius 1 is 1.15 bits per heavy atom. The lowest BCUT2D eigenvalue weighted by atomic mass is 9.80. The number of amides is 2. The molecule has 2 unspecified atom stereocenters. The van der Waals surface area contributed by atoms with Crippen molar-refractivity contribution in [3.63, 3.8) is 0 Å². The molecule has 2 amide bonds. The molecule has 0 aliphatic carbocycles. The third-order valence-corrected chi connectivity index (χ3v) is 6.22. The van der Waals surface area contributed by atoms with Gasteiger partial charge in [-0.25, -0.2) is 0 Å². The highest BCUT2D eigenvalue weighted by molar-refractivity contribution is 6.03. The Kier molecular flexibility index (Phi) is 6.40. The fraction of sp³-hybridized carbons (Fsp3) is 0.600. The monoisotopic (exact) mass is 393 g/mol. The van der Waals surface area contributed by atoms with Crippen molar-refractivity contribution >= 4 is 29.9 Å². The van der Waals surface area contributed by atoms with Crippen LogP contribution < -0.4 is 11.1 Å². The second-order valence-corrected chi connectivity index (χ2v) is 7.69. The zero-order chi connectivity index (χ0) is 18.1. The molecule has 3 heterocycles. The summed E-state index contributed by atoms with van der Waals surface area (Å²) in [6.07, 6.45) is 3.42. The van der Waals surface area contributed by atoms with Gasteiger partial charge < -0.3 is 20.7 Å². The number of nitrogens with two attached hydrogens (primary N) is 1. The molecule has 27 heavy (non-hydrogen) atoms. The number of nitrogens with zero attached hydrogens (tertiary/aromatic N) is 1. The first-order valence-electron chi connectivity index (χ1n) is 9.67. The molecule has 0 radical (unpaired) electrons. The zero-order valence-electron chi connectivity index (χ0n) is 15.4. The molecule has 0 bridgehead atoms. The average molecular weight is 394 g/mol. The normalized spacial score (nSPS) is 24.7. The molecule has 4 rings (SSSR count). The van der Waals surface area contributed by atoms with Crippen LogP contribution >= 0.6 is 12.4 Å². The van der Waals surface area contributed by atoms with Gasteiger partial charge in [0.25, 0.3) is 0 Å². The van der Waals surface area contributed by atoms with Crippen molar-refractivity contribution < 1.29 is 14.3 Å². The maximum absolute atomic E-state index is 12.8. The number of rotatable bonds is 3. The number of anilines is 1. The SMILES string of the molecule is Cl.NC(C(=O)N1CCC(C2C(=O)Nc3ccccc32)CC1)C1CCOCC1. The van der Waals surface area contributed by atoms with Gasteiger partial charge in [-0.05, 0) is 49.1 Å². The highest BCUT2D eigenvalue weighted by atomic mass is 35.5. The van der Waals surface area contributed by atoms with E-state index in [1.807, 2.05) is 29.2 Å². The van der Waals surface area contributed by atoms with Crippen molar-refractivity contribution in [2.24, 2.45) is 17.6 Å². The van der Waals surface area contributed by atoms with Gasteiger partial charge in [0.1, 0.15) is 0 Å². The molecule has 6 nitrogen and oxygen atoms in total. The van der Waals surface area contributed by atoms with Gasteiger partial charge in [-0.2, -0.15) is 0 Å². The second kappa shape index (κ2) is 8.59. The lowest BCUT2D eigenvalue weighted by Gasteiger charge is -2.37. The molecule has 0 aromatic heterocycles. The zero-order valence-corrected chi connectivity index (χ0v) is 16.2. The van der Waals surface area contributed by atoms with Crippen molar-refractivity contribution in [2.45, 2.75) is 37.6 Å². The Morgan fingerprint density at radius 2 is 1.81 bits per heavy atom. The third-order valence-electron chi connectivity index (χ3n) is 6.22. The third kappa shape index (κ3) is 3.98. The largest absolute Gasteiger partial charge is 0.381 e. The van der Waals surface area contributed by atoms with Gasteiger partial charge in [-0.15, -0.1) is 12.4 Å². The number of hydrogen-bond acceptors (Lipinski definition) is 4. The summed E-state index contributed by atoms with van der Waals surface area (Å²) in [4.78, 5) is 27.1. The number of fused-ring (bicyclic) bond motifs is 1. The van der Waals surface area contributed by atoms with Gasteiger partial charge in [-0.3, -0.25) is 9.59 Å². The van der Waals surface area contributed by atoms with E-state index in [2.05, 4.69) is 5.32 Å². The molecule has 3 aliphatic heterocycles. The summed E-state index contributed by atoms with van der Waals surface area (Å²) in [6, 6.07) is 7.50. The Morgan fingerprint density at radius 3 is 2.52 bits per heavy atom. The van der Waals surface area contributed by atoms with Gasteiger partial charge in [-0.1, -0.05) is 18.2 Å². The average Bonchev–Trinajstić information content (AvgIpc) is 3.03. The minimum Gasteiger partial charge on any atom is -0.381 e. The van der Waals surface area contributed by atoms with E-state index in [4.69, 9.17) is 10.5 Å². The number of halogens is 1. The summed E-state index contributed by atoms with van der Waals surface area (Å²) >= 11 is 0. The number of ether oxygens (including phenoxy) is 1. The quantitative estimate of drug-likeness (QED) is 0.823. The van der Waals surface area contributed by atoms with Gasteiger partial charge >= 0.3 is 0 Å². The molecule has 2 fully saturated rings. The minimum absolute atomic E-state index is 0. The maximum atomic E-state index is 12.8. The maximum Gasteiger partial charge on any atom is 0.239 e. The molecule has 3 N–H and O–H groups in total. The van der Waals surface area contributed by atoms with Gasteiger partial charge in [0.15, 0.2) is 0 Å². The van der Waals surface area contributed by atoms with E-state index in [1.54, 1.807) is 0 Å². The molecule has 7 heteroatoms. The second-order valence-electron chi connectivity index (χ2n) is 7.69. The lowest BCUT2D eigenvalue weighted by molar-refractivity contribution is -0.136. The van der Waals surface area contributed by atoms with Crippen LogP contribution in [0.15, 0.2) is 24.3 Å². The first-order chi connectivity index (χ1) is 12.6. The summed E-state index contributed by atoms with van der Waals surface area (Å²) in [5, 5.41) is 2.99. The van der Waals surface area contributed by atoms with E-state index in [0.717, 1.165) is 36.9 Å². The van der Waals surface area contributed by atoms with Crippen molar-refractivity contribution in [3.8, 4) is 0 Å². The number of hydrogen-bond donors (Lipinski definition) is 2. The van der Waals surface area contributed by atoms with Crippen LogP contribution in [0.25, 0.3) is 0 Å². The van der Waals surface area contributed by atoms with E-state index in [9.17, 15) is 9.59 Å². The summed E-state index contributed by atoms with van der Waals surface area (Å²) in [5.74, 6) is 0.567. The van der Waals surface area contributed by atoms with Gasteiger partial charge in [0.05, 0.1) is 12.0 Å². The van der Waals surface area contributed by atoms with Crippen LogP contribution in [-0.4, -0.2) is 49.1 Å². The van der Waals surface area contributed by atoms with Crippen molar-refractivity contribution in [1.29, 1.82) is 0 Å². The van der Waals surface area contributed by atoms with E-state index >= 15 is 0 Å². The van der Waals surface area contributed by atoms with Crippen molar-refractivity contribution in [1.82, 2.24) is 4.90 Å².